The Hall–Kier alpha value is -5.52. The fourth-order valence-corrected chi connectivity index (χ4v) is 4.14. The molecule has 3 heterocycles. The van der Waals surface area contributed by atoms with Gasteiger partial charge in [-0.2, -0.15) is 0 Å². The van der Waals surface area contributed by atoms with E-state index in [0.29, 0.717) is 22.7 Å². The standard InChI is InChI=1S/C30H28N4O8/c1-4-41-29(38)20-7-9-21(10-8-20)33-27(36)26(35)32-16-23-12-11-22(42-23)14-24-25(30(39)40-3)18(2)34(28(24)37)17-19-6-5-13-31-15-19/h5-15H,4,16-17H2,1-3H3,(H,32,35)(H,33,36)/b24-14+. The van der Waals surface area contributed by atoms with Crippen molar-refractivity contribution in [2.45, 2.75) is 26.9 Å². The van der Waals surface area contributed by atoms with Crippen molar-refractivity contribution < 1.29 is 37.9 Å². The molecule has 12 heteroatoms. The summed E-state index contributed by atoms with van der Waals surface area (Å²) in [5.74, 6) is -2.83. The lowest BCUT2D eigenvalue weighted by molar-refractivity contribution is -0.136. The lowest BCUT2D eigenvalue weighted by Crippen LogP contribution is -2.34. The van der Waals surface area contributed by atoms with Gasteiger partial charge in [-0.1, -0.05) is 6.07 Å². The maximum atomic E-state index is 13.3. The van der Waals surface area contributed by atoms with Crippen LogP contribution in [0.5, 0.6) is 0 Å². The topological polar surface area (TPSA) is 157 Å². The van der Waals surface area contributed by atoms with Crippen LogP contribution in [0.25, 0.3) is 6.08 Å². The zero-order chi connectivity index (χ0) is 30.2. The first kappa shape index (κ1) is 29.5. The average molecular weight is 573 g/mol. The molecule has 0 saturated heterocycles. The van der Waals surface area contributed by atoms with Gasteiger partial charge in [0.15, 0.2) is 0 Å². The molecule has 0 saturated carbocycles. The summed E-state index contributed by atoms with van der Waals surface area (Å²) in [5.41, 5.74) is 2.06. The monoisotopic (exact) mass is 572 g/mol. The van der Waals surface area contributed by atoms with E-state index in [1.54, 1.807) is 44.4 Å². The van der Waals surface area contributed by atoms with Gasteiger partial charge in [-0.15, -0.1) is 0 Å². The largest absolute Gasteiger partial charge is 0.465 e. The first-order valence-electron chi connectivity index (χ1n) is 12.9. The molecule has 1 aliphatic rings. The van der Waals surface area contributed by atoms with E-state index in [2.05, 4.69) is 15.6 Å². The van der Waals surface area contributed by atoms with Gasteiger partial charge < -0.3 is 29.4 Å². The van der Waals surface area contributed by atoms with Gasteiger partial charge in [0.25, 0.3) is 5.91 Å². The smallest absolute Gasteiger partial charge is 0.340 e. The molecule has 0 unspecified atom stereocenters. The maximum absolute atomic E-state index is 13.3. The number of esters is 2. The minimum Gasteiger partial charge on any atom is -0.465 e. The number of aromatic nitrogens is 1. The number of pyridine rings is 1. The average Bonchev–Trinajstić information content (AvgIpc) is 3.54. The van der Waals surface area contributed by atoms with Gasteiger partial charge in [-0.3, -0.25) is 19.4 Å². The quantitative estimate of drug-likeness (QED) is 0.223. The number of methoxy groups -OCH3 is 1. The van der Waals surface area contributed by atoms with Crippen molar-refractivity contribution in [1.82, 2.24) is 15.2 Å². The molecule has 42 heavy (non-hydrogen) atoms. The summed E-state index contributed by atoms with van der Waals surface area (Å²) in [4.78, 5) is 67.8. The van der Waals surface area contributed by atoms with Crippen molar-refractivity contribution in [2.24, 2.45) is 0 Å². The van der Waals surface area contributed by atoms with E-state index >= 15 is 0 Å². The molecule has 1 aliphatic heterocycles. The molecule has 1 aromatic carbocycles. The zero-order valence-electron chi connectivity index (χ0n) is 23.1. The maximum Gasteiger partial charge on any atom is 0.340 e. The van der Waals surface area contributed by atoms with E-state index in [1.165, 1.54) is 42.4 Å². The molecule has 216 valence electrons. The molecule has 0 spiro atoms. The minimum atomic E-state index is -0.915. The van der Waals surface area contributed by atoms with Crippen molar-refractivity contribution in [3.05, 3.63) is 100 Å². The Balaban J connectivity index is 1.40. The number of anilines is 1. The number of carbonyl (C=O) groups excluding carboxylic acids is 5. The molecule has 2 N–H and O–H groups in total. The number of nitrogens with one attached hydrogen (secondary N) is 2. The second kappa shape index (κ2) is 13.2. The Kier molecular flexibility index (Phi) is 9.28. The molecule has 0 aliphatic carbocycles. The molecule has 0 atom stereocenters. The van der Waals surface area contributed by atoms with Crippen molar-refractivity contribution in [3.63, 3.8) is 0 Å². The number of hydrogen-bond donors (Lipinski definition) is 2. The first-order valence-corrected chi connectivity index (χ1v) is 12.9. The summed E-state index contributed by atoms with van der Waals surface area (Å²) < 4.78 is 15.6. The fourth-order valence-electron chi connectivity index (χ4n) is 4.14. The number of nitrogens with zero attached hydrogens (tertiary/aromatic N) is 2. The summed E-state index contributed by atoms with van der Waals surface area (Å²) in [7, 11) is 1.23. The molecular formula is C30H28N4O8. The highest BCUT2D eigenvalue weighted by Crippen LogP contribution is 2.33. The van der Waals surface area contributed by atoms with Crippen LogP contribution in [-0.2, 0) is 41.7 Å². The Morgan fingerprint density at radius 3 is 2.45 bits per heavy atom. The Labute approximate surface area is 241 Å². The highest BCUT2D eigenvalue weighted by Gasteiger charge is 2.37. The predicted molar refractivity (Wildman–Crippen MR) is 149 cm³/mol. The number of hydrogen-bond acceptors (Lipinski definition) is 9. The molecule has 12 nitrogen and oxygen atoms in total. The number of furan rings is 1. The summed E-state index contributed by atoms with van der Waals surface area (Å²) in [6.07, 6.45) is 4.69. The van der Waals surface area contributed by atoms with E-state index in [1.807, 2.05) is 6.07 Å². The normalized spacial score (nSPS) is 13.7. The van der Waals surface area contributed by atoms with Crippen LogP contribution in [-0.4, -0.2) is 53.3 Å². The minimum absolute atomic E-state index is 0.0986. The van der Waals surface area contributed by atoms with Crippen molar-refractivity contribution in [3.8, 4) is 0 Å². The summed E-state index contributed by atoms with van der Waals surface area (Å²) >= 11 is 0. The van der Waals surface area contributed by atoms with Gasteiger partial charge in [-0.25, -0.2) is 9.59 Å². The van der Waals surface area contributed by atoms with Gasteiger partial charge in [0.05, 0.1) is 43.5 Å². The molecule has 3 amide bonds. The van der Waals surface area contributed by atoms with Crippen LogP contribution < -0.4 is 10.6 Å². The Morgan fingerprint density at radius 2 is 1.79 bits per heavy atom. The number of carbonyl (C=O) groups is 5. The molecule has 4 rings (SSSR count). The van der Waals surface area contributed by atoms with Crippen LogP contribution in [0.4, 0.5) is 5.69 Å². The highest BCUT2D eigenvalue weighted by molar-refractivity contribution is 6.39. The second-order valence-electron chi connectivity index (χ2n) is 9.00. The third kappa shape index (κ3) is 6.78. The van der Waals surface area contributed by atoms with Gasteiger partial charge in [-0.05, 0) is 68.0 Å². The number of amides is 3. The van der Waals surface area contributed by atoms with Crippen LogP contribution in [0.15, 0.2) is 82.2 Å². The molecule has 0 radical (unpaired) electrons. The van der Waals surface area contributed by atoms with Crippen LogP contribution in [0.2, 0.25) is 0 Å². The second-order valence-corrected chi connectivity index (χ2v) is 9.00. The van der Waals surface area contributed by atoms with E-state index in [-0.39, 0.29) is 36.6 Å². The first-order chi connectivity index (χ1) is 20.2. The summed E-state index contributed by atoms with van der Waals surface area (Å²) in [5, 5.41) is 4.90. The van der Waals surface area contributed by atoms with E-state index in [4.69, 9.17) is 13.9 Å². The van der Waals surface area contributed by atoms with Gasteiger partial charge in [0, 0.05) is 23.8 Å². The third-order valence-electron chi connectivity index (χ3n) is 6.22. The van der Waals surface area contributed by atoms with Gasteiger partial charge >= 0.3 is 23.8 Å². The van der Waals surface area contributed by atoms with E-state index in [0.717, 1.165) is 5.56 Å². The molecule has 3 aromatic rings. The predicted octanol–water partition coefficient (Wildman–Crippen LogP) is 2.98. The van der Waals surface area contributed by atoms with Crippen LogP contribution in [0.3, 0.4) is 0 Å². The third-order valence-corrected chi connectivity index (χ3v) is 6.22. The van der Waals surface area contributed by atoms with E-state index in [9.17, 15) is 24.0 Å². The molecule has 0 bridgehead atoms. The highest BCUT2D eigenvalue weighted by atomic mass is 16.5. The fraction of sp³-hybridized carbons (Fsp3) is 0.200. The van der Waals surface area contributed by atoms with Gasteiger partial charge in [0.2, 0.25) is 0 Å². The summed E-state index contributed by atoms with van der Waals surface area (Å²) in [6, 6.07) is 12.6. The molecule has 2 aromatic heterocycles. The van der Waals surface area contributed by atoms with Crippen LogP contribution in [0.1, 0.15) is 41.3 Å². The Morgan fingerprint density at radius 1 is 1.02 bits per heavy atom. The van der Waals surface area contributed by atoms with Crippen LogP contribution in [0, 0.1) is 0 Å². The lowest BCUT2D eigenvalue weighted by Gasteiger charge is -2.17. The van der Waals surface area contributed by atoms with Crippen LogP contribution >= 0.6 is 0 Å². The van der Waals surface area contributed by atoms with Crippen molar-refractivity contribution in [2.75, 3.05) is 19.0 Å². The van der Waals surface area contributed by atoms with E-state index < -0.39 is 29.7 Å². The number of benzene rings is 1. The number of ether oxygens (including phenoxy) is 2. The van der Waals surface area contributed by atoms with Crippen molar-refractivity contribution in [1.29, 1.82) is 0 Å². The van der Waals surface area contributed by atoms with Crippen molar-refractivity contribution >= 4 is 41.4 Å². The van der Waals surface area contributed by atoms with Gasteiger partial charge in [0.1, 0.15) is 11.5 Å². The molecular weight excluding hydrogens is 544 g/mol. The lowest BCUT2D eigenvalue weighted by atomic mass is 10.1. The molecule has 0 fully saturated rings. The number of allylic oxidation sites excluding steroid dienone is 1. The zero-order valence-corrected chi connectivity index (χ0v) is 23.1. The number of rotatable bonds is 9. The Bertz CT molecular complexity index is 1570. The summed E-state index contributed by atoms with van der Waals surface area (Å²) in [6.45, 7) is 3.69. The SMILES string of the molecule is CCOC(=O)c1ccc(NC(=O)C(=O)NCc2ccc(/C=C3/C(=O)N(Cc4cccnc4)C(C)=C3C(=O)OC)o2)cc1.